The molecule has 4 nitrogen and oxygen atoms in total. The molecule has 0 spiro atoms. The van der Waals surface area contributed by atoms with Gasteiger partial charge in [0.05, 0.1) is 13.7 Å². The summed E-state index contributed by atoms with van der Waals surface area (Å²) in [6.45, 7) is 2.94. The SMILES string of the molecule is COc1cc(C2=NCC(C)N2)ccn1. The summed E-state index contributed by atoms with van der Waals surface area (Å²) in [5, 5.41) is 3.29. The quantitative estimate of drug-likeness (QED) is 0.753. The van der Waals surface area contributed by atoms with Gasteiger partial charge in [-0.3, -0.25) is 4.99 Å². The molecule has 2 heterocycles. The van der Waals surface area contributed by atoms with Crippen LogP contribution in [-0.4, -0.2) is 30.5 Å². The minimum atomic E-state index is 0.421. The minimum Gasteiger partial charge on any atom is -0.481 e. The van der Waals surface area contributed by atoms with Gasteiger partial charge in [-0.1, -0.05) is 0 Å². The molecule has 0 aromatic carbocycles. The molecule has 1 unspecified atom stereocenters. The van der Waals surface area contributed by atoms with Gasteiger partial charge in [-0.25, -0.2) is 4.98 Å². The number of rotatable bonds is 2. The lowest BCUT2D eigenvalue weighted by atomic mass is 10.2. The van der Waals surface area contributed by atoms with Gasteiger partial charge in [0, 0.05) is 23.9 Å². The van der Waals surface area contributed by atoms with Crippen molar-refractivity contribution >= 4 is 5.84 Å². The Balaban J connectivity index is 2.24. The van der Waals surface area contributed by atoms with E-state index in [1.54, 1.807) is 13.3 Å². The van der Waals surface area contributed by atoms with Gasteiger partial charge in [0.1, 0.15) is 5.84 Å². The van der Waals surface area contributed by atoms with E-state index in [9.17, 15) is 0 Å². The Bertz CT molecular complexity index is 362. The fourth-order valence-electron chi connectivity index (χ4n) is 1.40. The molecular formula is C10H13N3O. The lowest BCUT2D eigenvalue weighted by Crippen LogP contribution is -2.27. The first-order chi connectivity index (χ1) is 6.79. The van der Waals surface area contributed by atoms with E-state index < -0.39 is 0 Å². The van der Waals surface area contributed by atoms with Gasteiger partial charge in [0.15, 0.2) is 0 Å². The Morgan fingerprint density at radius 2 is 2.43 bits per heavy atom. The number of aromatic nitrogens is 1. The van der Waals surface area contributed by atoms with Gasteiger partial charge < -0.3 is 10.1 Å². The zero-order valence-electron chi connectivity index (χ0n) is 8.32. The molecule has 4 heteroatoms. The summed E-state index contributed by atoms with van der Waals surface area (Å²) in [5.41, 5.74) is 1.03. The van der Waals surface area contributed by atoms with Crippen LogP contribution in [0.4, 0.5) is 0 Å². The molecule has 0 aliphatic carbocycles. The molecule has 0 bridgehead atoms. The van der Waals surface area contributed by atoms with Gasteiger partial charge in [0.25, 0.3) is 0 Å². The first-order valence-electron chi connectivity index (χ1n) is 4.61. The summed E-state index contributed by atoms with van der Waals surface area (Å²) in [6, 6.07) is 4.22. The van der Waals surface area contributed by atoms with Crippen molar-refractivity contribution in [2.45, 2.75) is 13.0 Å². The first kappa shape index (κ1) is 8.99. The van der Waals surface area contributed by atoms with E-state index in [1.807, 2.05) is 12.1 Å². The van der Waals surface area contributed by atoms with E-state index in [0.29, 0.717) is 11.9 Å². The summed E-state index contributed by atoms with van der Waals surface area (Å²) in [7, 11) is 1.61. The van der Waals surface area contributed by atoms with Crippen molar-refractivity contribution in [1.29, 1.82) is 0 Å². The van der Waals surface area contributed by atoms with E-state index in [0.717, 1.165) is 17.9 Å². The number of nitrogens with one attached hydrogen (secondary N) is 1. The van der Waals surface area contributed by atoms with Crippen molar-refractivity contribution < 1.29 is 4.74 Å². The zero-order valence-corrected chi connectivity index (χ0v) is 8.32. The van der Waals surface area contributed by atoms with Crippen LogP contribution in [0.15, 0.2) is 23.3 Å². The van der Waals surface area contributed by atoms with Crippen LogP contribution in [-0.2, 0) is 0 Å². The number of methoxy groups -OCH3 is 1. The maximum absolute atomic E-state index is 5.05. The number of ether oxygens (including phenoxy) is 1. The van der Waals surface area contributed by atoms with Crippen LogP contribution in [0.1, 0.15) is 12.5 Å². The van der Waals surface area contributed by atoms with Crippen molar-refractivity contribution in [3.8, 4) is 5.88 Å². The van der Waals surface area contributed by atoms with Crippen molar-refractivity contribution in [3.63, 3.8) is 0 Å². The van der Waals surface area contributed by atoms with Crippen LogP contribution >= 0.6 is 0 Å². The van der Waals surface area contributed by atoms with Crippen molar-refractivity contribution in [1.82, 2.24) is 10.3 Å². The number of hydrogen-bond acceptors (Lipinski definition) is 4. The van der Waals surface area contributed by atoms with Gasteiger partial charge >= 0.3 is 0 Å². The number of amidine groups is 1. The lowest BCUT2D eigenvalue weighted by molar-refractivity contribution is 0.398. The Kier molecular flexibility index (Phi) is 2.35. The summed E-state index contributed by atoms with van der Waals surface area (Å²) in [4.78, 5) is 8.43. The molecule has 0 amide bonds. The van der Waals surface area contributed by atoms with Crippen LogP contribution < -0.4 is 10.1 Å². The van der Waals surface area contributed by atoms with Crippen LogP contribution in [0.25, 0.3) is 0 Å². The maximum atomic E-state index is 5.05. The third kappa shape index (κ3) is 1.69. The average molecular weight is 191 g/mol. The minimum absolute atomic E-state index is 0.421. The van der Waals surface area contributed by atoms with E-state index >= 15 is 0 Å². The summed E-state index contributed by atoms with van der Waals surface area (Å²) in [6.07, 6.45) is 1.72. The number of hydrogen-bond donors (Lipinski definition) is 1. The lowest BCUT2D eigenvalue weighted by Gasteiger charge is -2.06. The maximum Gasteiger partial charge on any atom is 0.213 e. The van der Waals surface area contributed by atoms with Gasteiger partial charge in [-0.2, -0.15) is 0 Å². The molecule has 1 aromatic heterocycles. The Hall–Kier alpha value is -1.58. The summed E-state index contributed by atoms with van der Waals surface area (Å²) in [5.74, 6) is 1.55. The van der Waals surface area contributed by atoms with Crippen LogP contribution in [0.3, 0.4) is 0 Å². The molecule has 2 rings (SSSR count). The highest BCUT2D eigenvalue weighted by molar-refractivity contribution is 6.00. The summed E-state index contributed by atoms with van der Waals surface area (Å²) < 4.78 is 5.05. The third-order valence-electron chi connectivity index (χ3n) is 2.12. The predicted octanol–water partition coefficient (Wildman–Crippen LogP) is 0.829. The molecule has 0 fully saturated rings. The largest absolute Gasteiger partial charge is 0.481 e. The number of pyridine rings is 1. The van der Waals surface area contributed by atoms with Crippen LogP contribution in [0, 0.1) is 0 Å². The standard InChI is InChI=1S/C10H13N3O/c1-7-6-12-10(13-7)8-3-4-11-9(5-8)14-2/h3-5,7H,6H2,1-2H3,(H,12,13). The molecule has 1 aliphatic rings. The fourth-order valence-corrected chi connectivity index (χ4v) is 1.40. The van der Waals surface area contributed by atoms with Crippen LogP contribution in [0.5, 0.6) is 5.88 Å². The van der Waals surface area contributed by atoms with Gasteiger partial charge in [-0.05, 0) is 13.0 Å². The second kappa shape index (κ2) is 3.65. The van der Waals surface area contributed by atoms with E-state index in [1.165, 1.54) is 0 Å². The number of nitrogens with zero attached hydrogens (tertiary/aromatic N) is 2. The van der Waals surface area contributed by atoms with Crippen LogP contribution in [0.2, 0.25) is 0 Å². The molecule has 1 aliphatic heterocycles. The second-order valence-corrected chi connectivity index (χ2v) is 3.32. The average Bonchev–Trinajstić information content (AvgIpc) is 2.65. The molecule has 0 saturated heterocycles. The highest BCUT2D eigenvalue weighted by Crippen LogP contribution is 2.11. The van der Waals surface area contributed by atoms with Crippen molar-refractivity contribution in [3.05, 3.63) is 23.9 Å². The molecule has 14 heavy (non-hydrogen) atoms. The predicted molar refractivity (Wildman–Crippen MR) is 54.8 cm³/mol. The van der Waals surface area contributed by atoms with E-state index in [-0.39, 0.29) is 0 Å². The van der Waals surface area contributed by atoms with Crippen molar-refractivity contribution in [2.75, 3.05) is 13.7 Å². The second-order valence-electron chi connectivity index (χ2n) is 3.32. The molecule has 1 aromatic rings. The Morgan fingerprint density at radius 1 is 1.57 bits per heavy atom. The van der Waals surface area contributed by atoms with Crippen molar-refractivity contribution in [2.24, 2.45) is 4.99 Å². The highest BCUT2D eigenvalue weighted by atomic mass is 16.5. The molecule has 74 valence electrons. The summed E-state index contributed by atoms with van der Waals surface area (Å²) >= 11 is 0. The topological polar surface area (TPSA) is 46.5 Å². The monoisotopic (exact) mass is 191 g/mol. The smallest absolute Gasteiger partial charge is 0.213 e. The van der Waals surface area contributed by atoms with E-state index in [2.05, 4.69) is 22.2 Å². The highest BCUT2D eigenvalue weighted by Gasteiger charge is 2.14. The zero-order chi connectivity index (χ0) is 9.97. The molecule has 0 radical (unpaired) electrons. The first-order valence-corrected chi connectivity index (χ1v) is 4.61. The Labute approximate surface area is 83.0 Å². The Morgan fingerprint density at radius 3 is 3.07 bits per heavy atom. The van der Waals surface area contributed by atoms with Gasteiger partial charge in [-0.15, -0.1) is 0 Å². The fraction of sp³-hybridized carbons (Fsp3) is 0.400. The molecule has 1 N–H and O–H groups in total. The number of aliphatic imine (C=N–C) groups is 1. The molecule has 0 saturated carbocycles. The van der Waals surface area contributed by atoms with E-state index in [4.69, 9.17) is 4.74 Å². The van der Waals surface area contributed by atoms with Gasteiger partial charge in [0.2, 0.25) is 5.88 Å². The molecular weight excluding hydrogens is 178 g/mol. The third-order valence-corrected chi connectivity index (χ3v) is 2.12. The molecule has 1 atom stereocenters. The normalized spacial score (nSPS) is 20.1.